The maximum atomic E-state index is 13.3. The Balaban J connectivity index is 1.58. The van der Waals surface area contributed by atoms with Crippen LogP contribution in [0.5, 0.6) is 0 Å². The van der Waals surface area contributed by atoms with E-state index in [2.05, 4.69) is 4.98 Å². The standard InChI is InChI=1S/C20H24N2O4/c1-2-24-12-17-11-20(14-26-17)13-25-9-8-22(20)19(23)16-5-6-18-15(10-16)4-3-7-21-18/h3-7,10,17H,2,8-9,11-14H2,1H3/t17-,20+/m0/s1. The number of benzene rings is 1. The Morgan fingerprint density at radius 1 is 1.38 bits per heavy atom. The molecule has 0 unspecified atom stereocenters. The zero-order valence-electron chi connectivity index (χ0n) is 15.0. The van der Waals surface area contributed by atoms with Gasteiger partial charge in [0.05, 0.1) is 43.6 Å². The molecule has 0 N–H and O–H groups in total. The summed E-state index contributed by atoms with van der Waals surface area (Å²) in [6.45, 7) is 5.33. The van der Waals surface area contributed by atoms with E-state index in [-0.39, 0.29) is 12.0 Å². The van der Waals surface area contributed by atoms with Gasteiger partial charge in [0.25, 0.3) is 5.91 Å². The fourth-order valence-corrected chi connectivity index (χ4v) is 3.87. The molecular formula is C20H24N2O4. The lowest BCUT2D eigenvalue weighted by atomic mass is 9.92. The Kier molecular flexibility index (Phi) is 4.89. The van der Waals surface area contributed by atoms with E-state index >= 15 is 0 Å². The molecule has 1 aromatic heterocycles. The van der Waals surface area contributed by atoms with Gasteiger partial charge in [-0.3, -0.25) is 9.78 Å². The van der Waals surface area contributed by atoms with Gasteiger partial charge in [-0.05, 0) is 31.2 Å². The quantitative estimate of drug-likeness (QED) is 0.841. The van der Waals surface area contributed by atoms with Crippen molar-refractivity contribution in [2.24, 2.45) is 0 Å². The highest BCUT2D eigenvalue weighted by Gasteiger charge is 2.49. The summed E-state index contributed by atoms with van der Waals surface area (Å²) < 4.78 is 17.2. The lowest BCUT2D eigenvalue weighted by Gasteiger charge is -2.43. The normalized spacial score (nSPS) is 25.9. The fraction of sp³-hybridized carbons (Fsp3) is 0.500. The average molecular weight is 356 g/mol. The first-order valence-electron chi connectivity index (χ1n) is 9.16. The van der Waals surface area contributed by atoms with Crippen molar-refractivity contribution in [3.63, 3.8) is 0 Å². The second kappa shape index (κ2) is 7.31. The largest absolute Gasteiger partial charge is 0.379 e. The van der Waals surface area contributed by atoms with Crippen molar-refractivity contribution in [1.29, 1.82) is 0 Å². The van der Waals surface area contributed by atoms with Gasteiger partial charge in [0, 0.05) is 36.7 Å². The van der Waals surface area contributed by atoms with Crippen LogP contribution in [-0.4, -0.2) is 67.0 Å². The van der Waals surface area contributed by atoms with Crippen molar-refractivity contribution in [3.05, 3.63) is 42.1 Å². The van der Waals surface area contributed by atoms with Gasteiger partial charge in [0.2, 0.25) is 0 Å². The molecule has 2 fully saturated rings. The van der Waals surface area contributed by atoms with Crippen molar-refractivity contribution in [2.45, 2.75) is 25.0 Å². The summed E-state index contributed by atoms with van der Waals surface area (Å²) in [7, 11) is 0. The Morgan fingerprint density at radius 3 is 3.19 bits per heavy atom. The predicted molar refractivity (Wildman–Crippen MR) is 97.2 cm³/mol. The number of amides is 1. The Bertz CT molecular complexity index is 796. The Morgan fingerprint density at radius 2 is 2.31 bits per heavy atom. The van der Waals surface area contributed by atoms with E-state index in [1.54, 1.807) is 6.20 Å². The molecule has 26 heavy (non-hydrogen) atoms. The zero-order chi connectivity index (χ0) is 18.0. The van der Waals surface area contributed by atoms with Crippen LogP contribution in [0.4, 0.5) is 0 Å². The van der Waals surface area contributed by atoms with E-state index in [4.69, 9.17) is 14.2 Å². The number of pyridine rings is 1. The van der Waals surface area contributed by atoms with Crippen LogP contribution in [0, 0.1) is 0 Å². The van der Waals surface area contributed by atoms with Crippen LogP contribution in [-0.2, 0) is 14.2 Å². The Labute approximate surface area is 153 Å². The number of rotatable bonds is 4. The van der Waals surface area contributed by atoms with Crippen LogP contribution in [0.25, 0.3) is 10.9 Å². The molecule has 3 heterocycles. The first kappa shape index (κ1) is 17.4. The van der Waals surface area contributed by atoms with Gasteiger partial charge >= 0.3 is 0 Å². The second-order valence-corrected chi connectivity index (χ2v) is 6.94. The molecule has 2 aliphatic heterocycles. The minimum absolute atomic E-state index is 0.00718. The first-order valence-corrected chi connectivity index (χ1v) is 9.16. The van der Waals surface area contributed by atoms with Gasteiger partial charge < -0.3 is 19.1 Å². The highest BCUT2D eigenvalue weighted by atomic mass is 16.5. The van der Waals surface area contributed by atoms with Gasteiger partial charge in [-0.1, -0.05) is 6.07 Å². The van der Waals surface area contributed by atoms with Crippen LogP contribution in [0.2, 0.25) is 0 Å². The predicted octanol–water partition coefficient (Wildman–Crippen LogP) is 2.27. The fourth-order valence-electron chi connectivity index (χ4n) is 3.87. The second-order valence-electron chi connectivity index (χ2n) is 6.94. The number of carbonyl (C=O) groups is 1. The van der Waals surface area contributed by atoms with Gasteiger partial charge in [0.15, 0.2) is 0 Å². The maximum Gasteiger partial charge on any atom is 0.254 e. The lowest BCUT2D eigenvalue weighted by Crippen LogP contribution is -2.59. The molecule has 0 radical (unpaired) electrons. The molecule has 138 valence electrons. The molecule has 2 aromatic rings. The summed E-state index contributed by atoms with van der Waals surface area (Å²) in [6.07, 6.45) is 2.51. The third-order valence-corrected chi connectivity index (χ3v) is 5.20. The molecule has 0 saturated carbocycles. The maximum absolute atomic E-state index is 13.3. The summed E-state index contributed by atoms with van der Waals surface area (Å²) in [5.74, 6) is 0.0275. The van der Waals surface area contributed by atoms with Crippen LogP contribution < -0.4 is 0 Å². The summed E-state index contributed by atoms with van der Waals surface area (Å²) >= 11 is 0. The van der Waals surface area contributed by atoms with Gasteiger partial charge in [-0.25, -0.2) is 0 Å². The van der Waals surface area contributed by atoms with Crippen LogP contribution in [0.3, 0.4) is 0 Å². The number of morpholine rings is 1. The third kappa shape index (κ3) is 3.20. The number of ether oxygens (including phenoxy) is 3. The molecule has 1 amide bonds. The molecule has 2 saturated heterocycles. The number of carbonyl (C=O) groups excluding carboxylic acids is 1. The molecule has 2 atom stereocenters. The number of hydrogen-bond donors (Lipinski definition) is 0. The van der Waals surface area contributed by atoms with E-state index in [1.807, 2.05) is 42.2 Å². The molecule has 0 aliphatic carbocycles. The number of fused-ring (bicyclic) bond motifs is 1. The van der Waals surface area contributed by atoms with E-state index < -0.39 is 5.54 Å². The topological polar surface area (TPSA) is 60.9 Å². The van der Waals surface area contributed by atoms with Crippen molar-refractivity contribution in [1.82, 2.24) is 9.88 Å². The van der Waals surface area contributed by atoms with Crippen molar-refractivity contribution in [2.75, 3.05) is 39.6 Å². The zero-order valence-corrected chi connectivity index (χ0v) is 15.0. The average Bonchev–Trinajstić information content (AvgIpc) is 3.09. The Hall–Kier alpha value is -2.02. The summed E-state index contributed by atoms with van der Waals surface area (Å²) in [5.41, 5.74) is 1.17. The number of aromatic nitrogens is 1. The van der Waals surface area contributed by atoms with Crippen molar-refractivity contribution >= 4 is 16.8 Å². The van der Waals surface area contributed by atoms with E-state index in [0.717, 1.165) is 17.3 Å². The summed E-state index contributed by atoms with van der Waals surface area (Å²) in [5, 5.41) is 0.970. The molecule has 6 nitrogen and oxygen atoms in total. The highest BCUT2D eigenvalue weighted by Crippen LogP contribution is 2.34. The summed E-state index contributed by atoms with van der Waals surface area (Å²) in [4.78, 5) is 19.6. The van der Waals surface area contributed by atoms with Gasteiger partial charge in [-0.15, -0.1) is 0 Å². The monoisotopic (exact) mass is 356 g/mol. The first-order chi connectivity index (χ1) is 12.7. The molecule has 1 spiro atoms. The SMILES string of the molecule is CCOC[C@@H]1C[C@@]2(COCCN2C(=O)c2ccc3ncccc3c2)CO1. The lowest BCUT2D eigenvalue weighted by molar-refractivity contribution is -0.0559. The van der Waals surface area contributed by atoms with Crippen molar-refractivity contribution in [3.8, 4) is 0 Å². The molecule has 1 aromatic carbocycles. The van der Waals surface area contributed by atoms with Gasteiger partial charge in [0.1, 0.15) is 0 Å². The van der Waals surface area contributed by atoms with E-state index in [9.17, 15) is 4.79 Å². The minimum atomic E-state index is -0.402. The molecule has 0 bridgehead atoms. The molecule has 2 aliphatic rings. The van der Waals surface area contributed by atoms with Gasteiger partial charge in [-0.2, -0.15) is 0 Å². The van der Waals surface area contributed by atoms with E-state index in [1.165, 1.54) is 0 Å². The van der Waals surface area contributed by atoms with Crippen molar-refractivity contribution < 1.29 is 19.0 Å². The molecular weight excluding hydrogens is 332 g/mol. The highest BCUT2D eigenvalue weighted by molar-refractivity contribution is 5.98. The van der Waals surface area contributed by atoms with Crippen LogP contribution in [0.15, 0.2) is 36.5 Å². The third-order valence-electron chi connectivity index (χ3n) is 5.20. The summed E-state index contributed by atoms with van der Waals surface area (Å²) in [6, 6.07) is 9.54. The van der Waals surface area contributed by atoms with Crippen LogP contribution in [0.1, 0.15) is 23.7 Å². The molecule has 4 rings (SSSR count). The van der Waals surface area contributed by atoms with Crippen LogP contribution >= 0.6 is 0 Å². The minimum Gasteiger partial charge on any atom is -0.379 e. The number of nitrogens with zero attached hydrogens (tertiary/aromatic N) is 2. The number of hydrogen-bond acceptors (Lipinski definition) is 5. The van der Waals surface area contributed by atoms with E-state index in [0.29, 0.717) is 45.1 Å². The smallest absolute Gasteiger partial charge is 0.254 e. The molecule has 6 heteroatoms.